The minimum absolute atomic E-state index is 0.385. The van der Waals surface area contributed by atoms with Crippen molar-refractivity contribution < 1.29 is 19.8 Å². The molecule has 122 valence electrons. The lowest BCUT2D eigenvalue weighted by Gasteiger charge is -2.15. The zero-order valence-corrected chi connectivity index (χ0v) is 13.2. The Kier molecular flexibility index (Phi) is 7.50. The van der Waals surface area contributed by atoms with Gasteiger partial charge in [0.05, 0.1) is 0 Å². The molecule has 0 spiro atoms. The van der Waals surface area contributed by atoms with Crippen LogP contribution in [0.3, 0.4) is 0 Å². The second-order valence-electron chi connectivity index (χ2n) is 5.05. The van der Waals surface area contributed by atoms with Crippen molar-refractivity contribution in [3.05, 3.63) is 71.3 Å². The van der Waals surface area contributed by atoms with Gasteiger partial charge in [-0.3, -0.25) is 0 Å². The standard InChI is InChI=1S/C16H19N.C2H2O4/c1-13-8-6-7-11-16(13)12-17-14(2)15-9-4-3-5-10-15;3-1(4)2(5)6/h3-11,14,17H,12H2,1-2H3;(H,3,4)(H,5,6). The highest BCUT2D eigenvalue weighted by Gasteiger charge is 2.05. The van der Waals surface area contributed by atoms with Crippen molar-refractivity contribution in [3.8, 4) is 0 Å². The number of carboxylic acids is 2. The molecule has 5 heteroatoms. The molecule has 0 saturated carbocycles. The van der Waals surface area contributed by atoms with E-state index in [1.807, 2.05) is 0 Å². The number of nitrogens with one attached hydrogen (secondary N) is 1. The van der Waals surface area contributed by atoms with Crippen LogP contribution in [-0.2, 0) is 16.1 Å². The molecule has 5 nitrogen and oxygen atoms in total. The molecular weight excluding hydrogens is 294 g/mol. The SMILES string of the molecule is Cc1ccccc1CNC(C)c1ccccc1.O=C(O)C(=O)O. The molecule has 0 aliphatic carbocycles. The lowest BCUT2D eigenvalue weighted by Crippen LogP contribution is -2.18. The molecule has 2 aromatic rings. The Morgan fingerprint density at radius 1 is 0.957 bits per heavy atom. The first-order valence-corrected chi connectivity index (χ1v) is 7.21. The van der Waals surface area contributed by atoms with E-state index in [9.17, 15) is 0 Å². The molecule has 1 atom stereocenters. The van der Waals surface area contributed by atoms with Gasteiger partial charge in [0, 0.05) is 12.6 Å². The van der Waals surface area contributed by atoms with E-state index < -0.39 is 11.9 Å². The van der Waals surface area contributed by atoms with Gasteiger partial charge in [0.1, 0.15) is 0 Å². The largest absolute Gasteiger partial charge is 0.473 e. The lowest BCUT2D eigenvalue weighted by molar-refractivity contribution is -0.159. The molecule has 2 rings (SSSR count). The first-order chi connectivity index (χ1) is 10.9. The highest BCUT2D eigenvalue weighted by atomic mass is 16.4. The van der Waals surface area contributed by atoms with Gasteiger partial charge in [-0.2, -0.15) is 0 Å². The van der Waals surface area contributed by atoms with Crippen molar-refractivity contribution in [1.82, 2.24) is 5.32 Å². The van der Waals surface area contributed by atoms with Gasteiger partial charge in [-0.05, 0) is 30.5 Å². The molecule has 0 bridgehead atoms. The molecule has 0 fully saturated rings. The van der Waals surface area contributed by atoms with Gasteiger partial charge in [-0.1, -0.05) is 54.6 Å². The summed E-state index contributed by atoms with van der Waals surface area (Å²) in [6.07, 6.45) is 0. The first-order valence-electron chi connectivity index (χ1n) is 7.21. The summed E-state index contributed by atoms with van der Waals surface area (Å²) in [5.41, 5.74) is 4.05. The molecule has 0 radical (unpaired) electrons. The number of rotatable bonds is 4. The fraction of sp³-hybridized carbons (Fsp3) is 0.222. The highest BCUT2D eigenvalue weighted by Crippen LogP contribution is 2.13. The third kappa shape index (κ3) is 6.76. The monoisotopic (exact) mass is 315 g/mol. The summed E-state index contributed by atoms with van der Waals surface area (Å²) in [4.78, 5) is 18.2. The quantitative estimate of drug-likeness (QED) is 0.755. The number of carboxylic acid groups (broad SMARTS) is 2. The zero-order chi connectivity index (χ0) is 17.2. The second kappa shape index (κ2) is 9.38. The fourth-order valence-corrected chi connectivity index (χ4v) is 1.93. The number of carbonyl (C=O) groups is 2. The van der Waals surface area contributed by atoms with Crippen molar-refractivity contribution in [2.45, 2.75) is 26.4 Å². The van der Waals surface area contributed by atoms with E-state index in [2.05, 4.69) is 73.8 Å². The van der Waals surface area contributed by atoms with Gasteiger partial charge >= 0.3 is 11.9 Å². The summed E-state index contributed by atoms with van der Waals surface area (Å²) in [6.45, 7) is 5.28. The van der Waals surface area contributed by atoms with Gasteiger partial charge in [0.15, 0.2) is 0 Å². The van der Waals surface area contributed by atoms with Crippen molar-refractivity contribution in [3.63, 3.8) is 0 Å². The predicted octanol–water partition coefficient (Wildman–Crippen LogP) is 3.00. The molecule has 0 heterocycles. The molecule has 1 unspecified atom stereocenters. The van der Waals surface area contributed by atoms with Crippen LogP contribution in [0, 0.1) is 6.92 Å². The number of hydrogen-bond donors (Lipinski definition) is 3. The molecule has 0 aromatic heterocycles. The summed E-state index contributed by atoms with van der Waals surface area (Å²) in [6, 6.07) is 19.4. The Bertz CT molecular complexity index is 628. The summed E-state index contributed by atoms with van der Waals surface area (Å²) in [5, 5.41) is 18.3. The Hall–Kier alpha value is -2.66. The molecule has 2 aromatic carbocycles. The first kappa shape index (κ1) is 18.4. The van der Waals surface area contributed by atoms with Crippen molar-refractivity contribution >= 4 is 11.9 Å². The van der Waals surface area contributed by atoms with E-state index in [0.717, 1.165) is 6.54 Å². The van der Waals surface area contributed by atoms with E-state index in [0.29, 0.717) is 6.04 Å². The number of benzene rings is 2. The third-order valence-electron chi connectivity index (χ3n) is 3.34. The maximum absolute atomic E-state index is 9.10. The topological polar surface area (TPSA) is 86.6 Å². The number of aliphatic carboxylic acids is 2. The van der Waals surface area contributed by atoms with E-state index in [-0.39, 0.29) is 0 Å². The second-order valence-corrected chi connectivity index (χ2v) is 5.05. The molecule has 23 heavy (non-hydrogen) atoms. The smallest absolute Gasteiger partial charge is 0.414 e. The Morgan fingerprint density at radius 3 is 2.00 bits per heavy atom. The van der Waals surface area contributed by atoms with Crippen LogP contribution >= 0.6 is 0 Å². The molecule has 0 saturated heterocycles. The average Bonchev–Trinajstić information content (AvgIpc) is 2.55. The van der Waals surface area contributed by atoms with Crippen LogP contribution in [-0.4, -0.2) is 22.2 Å². The average molecular weight is 315 g/mol. The van der Waals surface area contributed by atoms with Crippen molar-refractivity contribution in [2.75, 3.05) is 0 Å². The predicted molar refractivity (Wildman–Crippen MR) is 88.1 cm³/mol. The summed E-state index contributed by atoms with van der Waals surface area (Å²) < 4.78 is 0. The van der Waals surface area contributed by atoms with Crippen LogP contribution in [0.4, 0.5) is 0 Å². The molecule has 0 aliphatic rings. The van der Waals surface area contributed by atoms with Gasteiger partial charge in [-0.15, -0.1) is 0 Å². The molecule has 0 aliphatic heterocycles. The van der Waals surface area contributed by atoms with Gasteiger partial charge < -0.3 is 15.5 Å². The van der Waals surface area contributed by atoms with Crippen molar-refractivity contribution in [1.29, 1.82) is 0 Å². The van der Waals surface area contributed by atoms with Crippen LogP contribution in [0.25, 0.3) is 0 Å². The van der Waals surface area contributed by atoms with Crippen LogP contribution in [0.1, 0.15) is 29.7 Å². The normalized spacial score (nSPS) is 11.0. The molecular formula is C18H21NO4. The summed E-state index contributed by atoms with van der Waals surface area (Å²) >= 11 is 0. The number of aryl methyl sites for hydroxylation is 1. The zero-order valence-electron chi connectivity index (χ0n) is 13.2. The fourth-order valence-electron chi connectivity index (χ4n) is 1.93. The minimum atomic E-state index is -1.82. The molecule has 3 N–H and O–H groups in total. The number of hydrogen-bond acceptors (Lipinski definition) is 3. The van der Waals surface area contributed by atoms with Crippen LogP contribution in [0.5, 0.6) is 0 Å². The minimum Gasteiger partial charge on any atom is -0.473 e. The maximum Gasteiger partial charge on any atom is 0.414 e. The van der Waals surface area contributed by atoms with Crippen LogP contribution in [0.15, 0.2) is 54.6 Å². The van der Waals surface area contributed by atoms with E-state index in [4.69, 9.17) is 19.8 Å². The third-order valence-corrected chi connectivity index (χ3v) is 3.34. The Balaban J connectivity index is 0.000000379. The van der Waals surface area contributed by atoms with Gasteiger partial charge in [-0.25, -0.2) is 9.59 Å². The van der Waals surface area contributed by atoms with E-state index in [1.165, 1.54) is 16.7 Å². The maximum atomic E-state index is 9.10. The van der Waals surface area contributed by atoms with E-state index in [1.54, 1.807) is 0 Å². The lowest BCUT2D eigenvalue weighted by atomic mass is 10.1. The van der Waals surface area contributed by atoms with E-state index >= 15 is 0 Å². The molecule has 0 amide bonds. The van der Waals surface area contributed by atoms with Crippen LogP contribution in [0.2, 0.25) is 0 Å². The van der Waals surface area contributed by atoms with Crippen molar-refractivity contribution in [2.24, 2.45) is 0 Å². The van der Waals surface area contributed by atoms with Gasteiger partial charge in [0.2, 0.25) is 0 Å². The highest BCUT2D eigenvalue weighted by molar-refractivity contribution is 6.27. The Morgan fingerprint density at radius 2 is 1.48 bits per heavy atom. The summed E-state index contributed by atoms with van der Waals surface area (Å²) in [7, 11) is 0. The Labute approximate surface area is 135 Å². The van der Waals surface area contributed by atoms with Gasteiger partial charge in [0.25, 0.3) is 0 Å². The van der Waals surface area contributed by atoms with Crippen LogP contribution < -0.4 is 5.32 Å². The summed E-state index contributed by atoms with van der Waals surface area (Å²) in [5.74, 6) is -3.65.